The summed E-state index contributed by atoms with van der Waals surface area (Å²) in [6.07, 6.45) is 0.571. The van der Waals surface area contributed by atoms with Crippen LogP contribution >= 0.6 is 50.7 Å². The van der Waals surface area contributed by atoms with Crippen LogP contribution in [0.3, 0.4) is 0 Å². The van der Waals surface area contributed by atoms with Crippen LogP contribution in [0.4, 0.5) is 5.69 Å². The number of hydrogen-bond donors (Lipinski definition) is 2. The maximum Gasteiger partial charge on any atom is 0.237 e. The fraction of sp³-hybridized carbons (Fsp3) is 0.333. The Morgan fingerprint density at radius 3 is 2.67 bits per heavy atom. The van der Waals surface area contributed by atoms with Gasteiger partial charge in [0.25, 0.3) is 0 Å². The number of amides is 1. The van der Waals surface area contributed by atoms with E-state index in [-0.39, 0.29) is 10.9 Å². The average Bonchev–Trinajstić information content (AvgIpc) is 2.32. The van der Waals surface area contributed by atoms with Crippen LogP contribution in [-0.4, -0.2) is 10.9 Å². The van der Waals surface area contributed by atoms with E-state index in [1.54, 1.807) is 6.92 Å². The van der Waals surface area contributed by atoms with Crippen molar-refractivity contribution in [2.75, 3.05) is 5.32 Å². The van der Waals surface area contributed by atoms with Crippen LogP contribution in [0.25, 0.3) is 0 Å². The number of hydrogen-bond acceptors (Lipinski definition) is 2. The molecular formula is C12H14BrIN2OS. The van der Waals surface area contributed by atoms with Gasteiger partial charge in [-0.2, -0.15) is 0 Å². The van der Waals surface area contributed by atoms with Crippen LogP contribution in [-0.2, 0) is 4.79 Å². The van der Waals surface area contributed by atoms with Crippen molar-refractivity contribution in [2.45, 2.75) is 20.3 Å². The Hall–Kier alpha value is -0.210. The van der Waals surface area contributed by atoms with E-state index in [1.165, 1.54) is 0 Å². The van der Waals surface area contributed by atoms with Gasteiger partial charge in [-0.15, -0.1) is 0 Å². The van der Waals surface area contributed by atoms with Crippen molar-refractivity contribution in [3.8, 4) is 0 Å². The second kappa shape index (κ2) is 6.29. The molecule has 1 rings (SSSR count). The van der Waals surface area contributed by atoms with Gasteiger partial charge >= 0.3 is 0 Å². The van der Waals surface area contributed by atoms with Crippen LogP contribution in [0.5, 0.6) is 0 Å². The highest BCUT2D eigenvalue weighted by molar-refractivity contribution is 14.1. The molecule has 0 radical (unpaired) electrons. The number of rotatable bonds is 4. The van der Waals surface area contributed by atoms with Crippen molar-refractivity contribution in [1.29, 1.82) is 0 Å². The summed E-state index contributed by atoms with van der Waals surface area (Å²) in [6.45, 7) is 3.65. The molecule has 1 aromatic rings. The van der Waals surface area contributed by atoms with Gasteiger partial charge in [-0.3, -0.25) is 4.79 Å². The predicted octanol–water partition coefficient (Wildman–Crippen LogP) is 3.69. The Kier molecular flexibility index (Phi) is 5.54. The summed E-state index contributed by atoms with van der Waals surface area (Å²) in [7, 11) is 0. The Bertz CT molecular complexity index is 495. The fourth-order valence-corrected chi connectivity index (χ4v) is 2.29. The van der Waals surface area contributed by atoms with Crippen molar-refractivity contribution >= 4 is 67.3 Å². The van der Waals surface area contributed by atoms with Gasteiger partial charge in [0.05, 0.1) is 10.4 Å². The number of nitrogens with one attached hydrogen (secondary N) is 1. The molecular weight excluding hydrogens is 427 g/mol. The molecule has 3 N–H and O–H groups in total. The summed E-state index contributed by atoms with van der Waals surface area (Å²) in [5.41, 5.74) is 5.58. The lowest BCUT2D eigenvalue weighted by Gasteiger charge is -2.25. The highest BCUT2D eigenvalue weighted by atomic mass is 127. The fourth-order valence-electron chi connectivity index (χ4n) is 1.29. The van der Waals surface area contributed by atoms with Gasteiger partial charge in [0.2, 0.25) is 5.91 Å². The summed E-state index contributed by atoms with van der Waals surface area (Å²) < 4.78 is 2.02. The normalized spacial score (nSPS) is 13.8. The van der Waals surface area contributed by atoms with Crippen LogP contribution in [0.15, 0.2) is 22.7 Å². The molecule has 0 saturated carbocycles. The Morgan fingerprint density at radius 1 is 1.61 bits per heavy atom. The van der Waals surface area contributed by atoms with Gasteiger partial charge in [-0.25, -0.2) is 0 Å². The molecule has 98 valence electrons. The molecule has 0 aromatic heterocycles. The SMILES string of the molecule is CCC(C)(C(=O)Nc1ccc(Br)c(I)c1)C(N)=S. The summed E-state index contributed by atoms with van der Waals surface area (Å²) in [5.74, 6) is -0.171. The van der Waals surface area contributed by atoms with E-state index >= 15 is 0 Å². The second-order valence-electron chi connectivity index (χ2n) is 4.13. The molecule has 6 heteroatoms. The van der Waals surface area contributed by atoms with Crippen LogP contribution in [0.2, 0.25) is 0 Å². The molecule has 0 spiro atoms. The van der Waals surface area contributed by atoms with E-state index in [2.05, 4.69) is 43.8 Å². The lowest BCUT2D eigenvalue weighted by atomic mass is 9.86. The van der Waals surface area contributed by atoms with Gasteiger partial charge in [0.1, 0.15) is 0 Å². The molecule has 0 aliphatic carbocycles. The topological polar surface area (TPSA) is 55.1 Å². The zero-order valence-electron chi connectivity index (χ0n) is 10.1. The molecule has 0 fully saturated rings. The minimum absolute atomic E-state index is 0.171. The third kappa shape index (κ3) is 3.42. The van der Waals surface area contributed by atoms with Gasteiger partial charge in [0, 0.05) is 13.7 Å². The first-order valence-corrected chi connectivity index (χ1v) is 7.65. The molecule has 1 amide bonds. The number of benzene rings is 1. The zero-order chi connectivity index (χ0) is 13.9. The summed E-state index contributed by atoms with van der Waals surface area (Å²) in [5, 5.41) is 2.85. The largest absolute Gasteiger partial charge is 0.392 e. The van der Waals surface area contributed by atoms with Crippen molar-refractivity contribution in [3.63, 3.8) is 0 Å². The number of carbonyl (C=O) groups excluding carboxylic acids is 1. The molecule has 3 nitrogen and oxygen atoms in total. The maximum absolute atomic E-state index is 12.2. The molecule has 0 aliphatic rings. The van der Waals surface area contributed by atoms with Crippen LogP contribution in [0.1, 0.15) is 20.3 Å². The predicted molar refractivity (Wildman–Crippen MR) is 90.7 cm³/mol. The average molecular weight is 441 g/mol. The Balaban J connectivity index is 2.93. The Morgan fingerprint density at radius 2 is 2.22 bits per heavy atom. The van der Waals surface area contributed by atoms with Crippen molar-refractivity contribution in [2.24, 2.45) is 11.1 Å². The summed E-state index contributed by atoms with van der Waals surface area (Å²) in [6, 6.07) is 5.61. The number of anilines is 1. The molecule has 1 unspecified atom stereocenters. The quantitative estimate of drug-likeness (QED) is 0.554. The molecule has 18 heavy (non-hydrogen) atoms. The van der Waals surface area contributed by atoms with Gasteiger partial charge in [-0.05, 0) is 70.1 Å². The van der Waals surface area contributed by atoms with Crippen LogP contribution < -0.4 is 11.1 Å². The highest BCUT2D eigenvalue weighted by Gasteiger charge is 2.34. The molecule has 0 bridgehead atoms. The van der Waals surface area contributed by atoms with Crippen molar-refractivity contribution in [3.05, 3.63) is 26.2 Å². The summed E-state index contributed by atoms with van der Waals surface area (Å²) in [4.78, 5) is 12.4. The summed E-state index contributed by atoms with van der Waals surface area (Å²) >= 11 is 10.6. The van der Waals surface area contributed by atoms with Crippen LogP contribution in [0, 0.1) is 8.99 Å². The van der Waals surface area contributed by atoms with E-state index in [1.807, 2.05) is 25.1 Å². The first kappa shape index (κ1) is 15.8. The number of thiocarbonyl (C=S) groups is 1. The lowest BCUT2D eigenvalue weighted by Crippen LogP contribution is -2.43. The second-order valence-corrected chi connectivity index (χ2v) is 6.59. The first-order valence-electron chi connectivity index (χ1n) is 5.37. The molecule has 0 saturated heterocycles. The highest BCUT2D eigenvalue weighted by Crippen LogP contribution is 2.26. The smallest absolute Gasteiger partial charge is 0.237 e. The van der Waals surface area contributed by atoms with Gasteiger partial charge in [0.15, 0.2) is 0 Å². The number of halogens is 2. The van der Waals surface area contributed by atoms with E-state index in [9.17, 15) is 4.79 Å². The number of carbonyl (C=O) groups is 1. The van der Waals surface area contributed by atoms with Crippen molar-refractivity contribution in [1.82, 2.24) is 0 Å². The third-order valence-corrected chi connectivity index (χ3v) is 5.71. The first-order chi connectivity index (χ1) is 8.31. The minimum Gasteiger partial charge on any atom is -0.392 e. The van der Waals surface area contributed by atoms with Crippen molar-refractivity contribution < 1.29 is 4.79 Å². The minimum atomic E-state index is -0.812. The maximum atomic E-state index is 12.2. The van der Waals surface area contributed by atoms with Gasteiger partial charge < -0.3 is 11.1 Å². The number of nitrogens with two attached hydrogens (primary N) is 1. The molecule has 1 atom stereocenters. The van der Waals surface area contributed by atoms with E-state index in [0.717, 1.165) is 13.7 Å². The van der Waals surface area contributed by atoms with E-state index in [0.29, 0.717) is 6.42 Å². The Labute approximate surface area is 134 Å². The monoisotopic (exact) mass is 440 g/mol. The molecule has 1 aromatic carbocycles. The standard InChI is InChI=1S/C12H14BrIN2OS/c1-3-12(2,10(15)18)11(17)16-7-4-5-8(13)9(14)6-7/h4-6H,3H2,1-2H3,(H2,15,18)(H,16,17). The zero-order valence-corrected chi connectivity index (χ0v) is 14.6. The molecule has 0 heterocycles. The van der Waals surface area contributed by atoms with E-state index in [4.69, 9.17) is 18.0 Å². The molecule has 0 aliphatic heterocycles. The van der Waals surface area contributed by atoms with Gasteiger partial charge in [-0.1, -0.05) is 19.1 Å². The third-order valence-electron chi connectivity index (χ3n) is 2.93. The lowest BCUT2D eigenvalue weighted by molar-refractivity contribution is -0.121. The van der Waals surface area contributed by atoms with E-state index < -0.39 is 5.41 Å².